The molecule has 0 amide bonds. The lowest BCUT2D eigenvalue weighted by Crippen LogP contribution is -2.57. The van der Waals surface area contributed by atoms with Gasteiger partial charge in [0.05, 0.1) is 7.11 Å². The van der Waals surface area contributed by atoms with Crippen LogP contribution in [0.3, 0.4) is 0 Å². The average Bonchev–Trinajstić information content (AvgIpc) is 2.45. The van der Waals surface area contributed by atoms with Crippen LogP contribution >= 0.6 is 15.9 Å². The second kappa shape index (κ2) is 7.43. The fourth-order valence-corrected chi connectivity index (χ4v) is 2.97. The van der Waals surface area contributed by atoms with Gasteiger partial charge < -0.3 is 15.0 Å². The van der Waals surface area contributed by atoms with Crippen LogP contribution in [0.15, 0.2) is 22.7 Å². The van der Waals surface area contributed by atoms with E-state index in [2.05, 4.69) is 66.2 Å². The minimum Gasteiger partial charge on any atom is -0.497 e. The molecule has 0 aliphatic rings. The number of likely N-dealkylation sites (N-methyl/N-ethyl adjacent to an activating group) is 2. The van der Waals surface area contributed by atoms with Crippen molar-refractivity contribution >= 4 is 15.9 Å². The third kappa shape index (κ3) is 3.74. The van der Waals surface area contributed by atoms with Crippen molar-refractivity contribution in [3.8, 4) is 5.75 Å². The Morgan fingerprint density at radius 1 is 1.40 bits per heavy atom. The van der Waals surface area contributed by atoms with Crippen LogP contribution in [0.2, 0.25) is 0 Å². The van der Waals surface area contributed by atoms with Crippen LogP contribution < -0.4 is 10.1 Å². The third-order valence-corrected chi connectivity index (χ3v) is 5.29. The van der Waals surface area contributed by atoms with Gasteiger partial charge >= 0.3 is 0 Å². The SMILES string of the molecule is CCC(C)(C(Cc1cc(OC)ccc1Br)NC)N(C)C. The number of halogens is 1. The number of methoxy groups -OCH3 is 1. The monoisotopic (exact) mass is 342 g/mol. The molecule has 1 aromatic rings. The first-order valence-electron chi connectivity index (χ1n) is 7.06. The lowest BCUT2D eigenvalue weighted by molar-refractivity contribution is 0.116. The number of nitrogens with one attached hydrogen (secondary N) is 1. The number of benzene rings is 1. The lowest BCUT2D eigenvalue weighted by atomic mass is 9.84. The Labute approximate surface area is 131 Å². The maximum Gasteiger partial charge on any atom is 0.119 e. The van der Waals surface area contributed by atoms with Crippen molar-refractivity contribution in [2.75, 3.05) is 28.3 Å². The summed E-state index contributed by atoms with van der Waals surface area (Å²) in [4.78, 5) is 2.31. The molecule has 1 N–H and O–H groups in total. The summed E-state index contributed by atoms with van der Waals surface area (Å²) in [6.45, 7) is 4.55. The Morgan fingerprint density at radius 3 is 2.50 bits per heavy atom. The van der Waals surface area contributed by atoms with Crippen molar-refractivity contribution in [3.05, 3.63) is 28.2 Å². The smallest absolute Gasteiger partial charge is 0.119 e. The van der Waals surface area contributed by atoms with Crippen molar-refractivity contribution in [3.63, 3.8) is 0 Å². The Hall–Kier alpha value is -0.580. The van der Waals surface area contributed by atoms with Crippen LogP contribution in [-0.2, 0) is 6.42 Å². The topological polar surface area (TPSA) is 24.5 Å². The Kier molecular flexibility index (Phi) is 6.49. The van der Waals surface area contributed by atoms with Gasteiger partial charge in [0.2, 0.25) is 0 Å². The zero-order valence-corrected chi connectivity index (χ0v) is 15.0. The van der Waals surface area contributed by atoms with E-state index in [1.165, 1.54) is 5.56 Å². The van der Waals surface area contributed by atoms with Gasteiger partial charge in [0, 0.05) is 16.1 Å². The molecule has 2 unspecified atom stereocenters. The van der Waals surface area contributed by atoms with Gasteiger partial charge in [-0.2, -0.15) is 0 Å². The number of hydrogen-bond acceptors (Lipinski definition) is 3. The van der Waals surface area contributed by atoms with E-state index in [9.17, 15) is 0 Å². The summed E-state index contributed by atoms with van der Waals surface area (Å²) >= 11 is 3.65. The highest BCUT2D eigenvalue weighted by atomic mass is 79.9. The molecule has 0 saturated carbocycles. The van der Waals surface area contributed by atoms with E-state index >= 15 is 0 Å². The van der Waals surface area contributed by atoms with Gasteiger partial charge in [0.1, 0.15) is 5.75 Å². The number of hydrogen-bond donors (Lipinski definition) is 1. The van der Waals surface area contributed by atoms with Crippen LogP contribution in [0.25, 0.3) is 0 Å². The first kappa shape index (κ1) is 17.5. The molecule has 0 saturated heterocycles. The maximum absolute atomic E-state index is 5.33. The number of nitrogens with zero attached hydrogens (tertiary/aromatic N) is 1. The van der Waals surface area contributed by atoms with Crippen molar-refractivity contribution in [2.24, 2.45) is 0 Å². The van der Waals surface area contributed by atoms with E-state index < -0.39 is 0 Å². The van der Waals surface area contributed by atoms with Gasteiger partial charge in [-0.15, -0.1) is 0 Å². The largest absolute Gasteiger partial charge is 0.497 e. The molecule has 0 spiro atoms. The van der Waals surface area contributed by atoms with Crippen LogP contribution in [0.1, 0.15) is 25.8 Å². The molecule has 0 fully saturated rings. The van der Waals surface area contributed by atoms with Gasteiger partial charge in [-0.1, -0.05) is 22.9 Å². The summed E-state index contributed by atoms with van der Waals surface area (Å²) in [7, 11) is 8.04. The van der Waals surface area contributed by atoms with Gasteiger partial charge in [0.15, 0.2) is 0 Å². The fourth-order valence-electron chi connectivity index (χ4n) is 2.56. The number of ether oxygens (including phenoxy) is 1. The molecule has 0 bridgehead atoms. The first-order valence-corrected chi connectivity index (χ1v) is 7.85. The van der Waals surface area contributed by atoms with Crippen molar-refractivity contribution < 1.29 is 4.74 Å². The van der Waals surface area contributed by atoms with Crippen LogP contribution in [0, 0.1) is 0 Å². The van der Waals surface area contributed by atoms with E-state index in [0.717, 1.165) is 23.1 Å². The van der Waals surface area contributed by atoms with Gasteiger partial charge in [-0.25, -0.2) is 0 Å². The average molecular weight is 343 g/mol. The molecule has 0 aliphatic carbocycles. The van der Waals surface area contributed by atoms with E-state index in [1.54, 1.807) is 7.11 Å². The van der Waals surface area contributed by atoms with E-state index in [4.69, 9.17) is 4.74 Å². The van der Waals surface area contributed by atoms with Crippen molar-refractivity contribution in [1.82, 2.24) is 10.2 Å². The molecule has 0 aliphatic heterocycles. The highest BCUT2D eigenvalue weighted by Crippen LogP contribution is 2.28. The van der Waals surface area contributed by atoms with E-state index in [0.29, 0.717) is 6.04 Å². The standard InChI is InChI=1S/C16H27BrN2O/c1-7-16(2,19(4)5)15(18-3)11-12-10-13(20-6)8-9-14(12)17/h8-10,15,18H,7,11H2,1-6H3. The zero-order chi connectivity index (χ0) is 15.3. The molecule has 0 aromatic heterocycles. The molecule has 0 heterocycles. The fraction of sp³-hybridized carbons (Fsp3) is 0.625. The van der Waals surface area contributed by atoms with Gasteiger partial charge in [0.25, 0.3) is 0 Å². The highest BCUT2D eigenvalue weighted by molar-refractivity contribution is 9.10. The highest BCUT2D eigenvalue weighted by Gasteiger charge is 2.34. The predicted molar refractivity (Wildman–Crippen MR) is 89.6 cm³/mol. The molecule has 2 atom stereocenters. The minimum absolute atomic E-state index is 0.108. The molecular weight excluding hydrogens is 316 g/mol. The molecule has 3 nitrogen and oxygen atoms in total. The third-order valence-electron chi connectivity index (χ3n) is 4.51. The van der Waals surface area contributed by atoms with Gasteiger partial charge in [-0.05, 0) is 64.7 Å². The lowest BCUT2D eigenvalue weighted by Gasteiger charge is -2.43. The first-order chi connectivity index (χ1) is 9.38. The molecule has 114 valence electrons. The zero-order valence-electron chi connectivity index (χ0n) is 13.5. The van der Waals surface area contributed by atoms with Crippen LogP contribution in [0.4, 0.5) is 0 Å². The maximum atomic E-state index is 5.33. The molecule has 20 heavy (non-hydrogen) atoms. The molecule has 4 heteroatoms. The molecule has 0 radical (unpaired) electrons. The van der Waals surface area contributed by atoms with Crippen LogP contribution in [-0.4, -0.2) is 44.7 Å². The number of rotatable bonds is 7. The molecule has 1 aromatic carbocycles. The van der Waals surface area contributed by atoms with Gasteiger partial charge in [-0.3, -0.25) is 0 Å². The second-order valence-corrected chi connectivity index (χ2v) is 6.46. The summed E-state index contributed by atoms with van der Waals surface area (Å²) < 4.78 is 6.47. The summed E-state index contributed by atoms with van der Waals surface area (Å²) in [5.41, 5.74) is 1.38. The predicted octanol–water partition coefficient (Wildman–Crippen LogP) is 3.32. The summed E-state index contributed by atoms with van der Waals surface area (Å²) in [5.74, 6) is 0.904. The minimum atomic E-state index is 0.108. The molecular formula is C16H27BrN2O. The molecule has 1 rings (SSSR count). The van der Waals surface area contributed by atoms with E-state index in [-0.39, 0.29) is 5.54 Å². The van der Waals surface area contributed by atoms with Crippen molar-refractivity contribution in [1.29, 1.82) is 0 Å². The second-order valence-electron chi connectivity index (χ2n) is 5.61. The van der Waals surface area contributed by atoms with Crippen LogP contribution in [0.5, 0.6) is 5.75 Å². The van der Waals surface area contributed by atoms with E-state index in [1.807, 2.05) is 13.1 Å². The Balaban J connectivity index is 3.04. The summed E-state index contributed by atoms with van der Waals surface area (Å²) in [6, 6.07) is 6.51. The van der Waals surface area contributed by atoms with Crippen molar-refractivity contribution in [2.45, 2.75) is 38.3 Å². The normalized spacial score (nSPS) is 16.0. The Morgan fingerprint density at radius 2 is 2.05 bits per heavy atom. The Bertz CT molecular complexity index is 436. The summed E-state index contributed by atoms with van der Waals surface area (Å²) in [5, 5.41) is 3.48. The quantitative estimate of drug-likeness (QED) is 0.822. The summed E-state index contributed by atoms with van der Waals surface area (Å²) in [6.07, 6.45) is 2.05.